The van der Waals surface area contributed by atoms with Crippen molar-refractivity contribution >= 4 is 17.9 Å². The summed E-state index contributed by atoms with van der Waals surface area (Å²) in [5.74, 6) is -0.917. The lowest BCUT2D eigenvalue weighted by Crippen LogP contribution is -2.30. The summed E-state index contributed by atoms with van der Waals surface area (Å²) in [6.07, 6.45) is 84.7. The molecule has 0 aromatic heterocycles. The zero-order valence-corrected chi connectivity index (χ0v) is 50.3. The van der Waals surface area contributed by atoms with Crippen LogP contribution in [0.4, 0.5) is 0 Å². The fraction of sp³-hybridized carbons (Fsp3) is 0.757. The summed E-state index contributed by atoms with van der Waals surface area (Å²) in [6.45, 7) is 6.50. The van der Waals surface area contributed by atoms with Crippen LogP contribution in [0.5, 0.6) is 0 Å². The van der Waals surface area contributed by atoms with Crippen molar-refractivity contribution in [1.29, 1.82) is 0 Å². The first-order valence-corrected chi connectivity index (χ1v) is 32.6. The highest BCUT2D eigenvalue weighted by atomic mass is 16.6. The van der Waals surface area contributed by atoms with E-state index < -0.39 is 6.10 Å². The van der Waals surface area contributed by atoms with Crippen LogP contribution in [0.25, 0.3) is 0 Å². The van der Waals surface area contributed by atoms with Gasteiger partial charge in [0.05, 0.1) is 0 Å². The monoisotopic (exact) mass is 1060 g/mol. The number of allylic oxidation sites excluding steroid dienone is 14. The zero-order valence-electron chi connectivity index (χ0n) is 50.3. The molecule has 0 aromatic rings. The van der Waals surface area contributed by atoms with Crippen molar-refractivity contribution in [2.45, 2.75) is 329 Å². The highest BCUT2D eigenvalue weighted by Crippen LogP contribution is 2.16. The molecule has 0 saturated carbocycles. The molecule has 0 aliphatic carbocycles. The third kappa shape index (κ3) is 61.4. The van der Waals surface area contributed by atoms with Crippen LogP contribution in [-0.2, 0) is 28.6 Å². The van der Waals surface area contributed by atoms with Crippen molar-refractivity contribution in [3.05, 3.63) is 85.1 Å². The number of hydrogen-bond acceptors (Lipinski definition) is 6. The first kappa shape index (κ1) is 72.6. The standard InChI is InChI=1S/C70H122O6/c1-4-7-10-13-16-19-22-25-27-28-29-30-31-32-33-34-35-36-37-38-39-40-41-42-43-46-48-51-54-57-60-63-69(72)75-66-67(65-74-68(71)62-59-56-53-50-47-44-24-21-18-15-12-9-6-3)76-70(73)64-61-58-55-52-49-45-26-23-20-17-14-11-8-5-2/h9,12,18,21-23,25-26,28-29,31-32,44,47,67H,4-8,10-11,13-17,19-20,24,27,30,33-43,45-46,48-66H2,1-3H3/b12-9-,21-18-,25-22-,26-23-,29-28-,32-31-,47-44-. The Morgan fingerprint density at radius 3 is 0.829 bits per heavy atom. The number of carbonyl (C=O) groups is 3. The molecule has 0 aliphatic rings. The molecule has 0 radical (unpaired) electrons. The average Bonchev–Trinajstić information content (AvgIpc) is 3.42. The minimum Gasteiger partial charge on any atom is -0.462 e. The molecule has 1 atom stereocenters. The molecule has 0 amide bonds. The Morgan fingerprint density at radius 2 is 0.513 bits per heavy atom. The fourth-order valence-electron chi connectivity index (χ4n) is 9.23. The second-order valence-electron chi connectivity index (χ2n) is 21.6. The normalized spacial score (nSPS) is 12.6. The van der Waals surface area contributed by atoms with E-state index in [4.69, 9.17) is 14.2 Å². The third-order valence-electron chi connectivity index (χ3n) is 14.1. The van der Waals surface area contributed by atoms with Crippen LogP contribution in [-0.4, -0.2) is 37.2 Å². The number of rotatable bonds is 59. The van der Waals surface area contributed by atoms with Crippen LogP contribution in [0, 0.1) is 0 Å². The summed E-state index contributed by atoms with van der Waals surface area (Å²) in [5, 5.41) is 0. The van der Waals surface area contributed by atoms with E-state index in [0.717, 1.165) is 109 Å². The van der Waals surface area contributed by atoms with Crippen LogP contribution >= 0.6 is 0 Å². The first-order valence-electron chi connectivity index (χ1n) is 32.6. The van der Waals surface area contributed by atoms with Gasteiger partial charge in [-0.15, -0.1) is 0 Å². The molecule has 1 unspecified atom stereocenters. The van der Waals surface area contributed by atoms with Crippen molar-refractivity contribution in [2.24, 2.45) is 0 Å². The second-order valence-corrected chi connectivity index (χ2v) is 21.6. The fourth-order valence-corrected chi connectivity index (χ4v) is 9.23. The molecule has 6 heteroatoms. The predicted octanol–water partition coefficient (Wildman–Crippen LogP) is 22.3. The molecule has 0 saturated heterocycles. The number of carbonyl (C=O) groups excluding carboxylic acids is 3. The quantitative estimate of drug-likeness (QED) is 0.0261. The SMILES string of the molecule is CC/C=C\C/C=C\C/C=C\CCCCCC(=O)OCC(COC(=O)CCCCCCCCCCCCCCCCCC/C=C\C/C=C\C/C=C\CCCCCCC)OC(=O)CCCCCCC/C=C\CCCCCCC. The van der Waals surface area contributed by atoms with Gasteiger partial charge >= 0.3 is 17.9 Å². The van der Waals surface area contributed by atoms with E-state index >= 15 is 0 Å². The molecule has 0 aliphatic heterocycles. The average molecular weight is 1060 g/mol. The molecule has 0 spiro atoms. The van der Waals surface area contributed by atoms with Gasteiger partial charge in [-0.1, -0.05) is 273 Å². The molecule has 0 N–H and O–H groups in total. The first-order chi connectivity index (χ1) is 37.5. The summed E-state index contributed by atoms with van der Waals surface area (Å²) >= 11 is 0. The number of hydrogen-bond donors (Lipinski definition) is 0. The lowest BCUT2D eigenvalue weighted by Gasteiger charge is -2.18. The molecule has 0 rings (SSSR count). The minimum atomic E-state index is -0.792. The van der Waals surface area contributed by atoms with Crippen LogP contribution < -0.4 is 0 Å². The Kier molecular flexibility index (Phi) is 61.2. The van der Waals surface area contributed by atoms with Gasteiger partial charge in [-0.2, -0.15) is 0 Å². The number of esters is 3. The van der Waals surface area contributed by atoms with Crippen molar-refractivity contribution in [3.8, 4) is 0 Å². The van der Waals surface area contributed by atoms with Crippen molar-refractivity contribution in [3.63, 3.8) is 0 Å². The largest absolute Gasteiger partial charge is 0.462 e. The molecule has 76 heavy (non-hydrogen) atoms. The van der Waals surface area contributed by atoms with Gasteiger partial charge in [0, 0.05) is 19.3 Å². The van der Waals surface area contributed by atoms with Gasteiger partial charge in [0.25, 0.3) is 0 Å². The lowest BCUT2D eigenvalue weighted by molar-refractivity contribution is -0.167. The Hall–Kier alpha value is -3.41. The van der Waals surface area contributed by atoms with Gasteiger partial charge < -0.3 is 14.2 Å². The molecule has 438 valence electrons. The van der Waals surface area contributed by atoms with E-state index in [1.165, 1.54) is 173 Å². The van der Waals surface area contributed by atoms with Gasteiger partial charge in [0.2, 0.25) is 0 Å². The minimum absolute atomic E-state index is 0.0874. The molecule has 0 fully saturated rings. The van der Waals surface area contributed by atoms with Crippen LogP contribution in [0.15, 0.2) is 85.1 Å². The highest BCUT2D eigenvalue weighted by Gasteiger charge is 2.19. The maximum Gasteiger partial charge on any atom is 0.306 e. The van der Waals surface area contributed by atoms with Gasteiger partial charge in [0.15, 0.2) is 6.10 Å². The van der Waals surface area contributed by atoms with E-state index in [1.807, 2.05) is 0 Å². The molecule has 6 nitrogen and oxygen atoms in total. The molecule has 0 bridgehead atoms. The van der Waals surface area contributed by atoms with Gasteiger partial charge in [0.1, 0.15) is 13.2 Å². The zero-order chi connectivity index (χ0) is 55.0. The van der Waals surface area contributed by atoms with E-state index in [0.29, 0.717) is 19.3 Å². The maximum absolute atomic E-state index is 12.9. The summed E-state index contributed by atoms with van der Waals surface area (Å²) in [4.78, 5) is 38.2. The summed E-state index contributed by atoms with van der Waals surface area (Å²) in [6, 6.07) is 0. The van der Waals surface area contributed by atoms with E-state index in [1.54, 1.807) is 0 Å². The molecule has 0 aromatic carbocycles. The Morgan fingerprint density at radius 1 is 0.276 bits per heavy atom. The third-order valence-corrected chi connectivity index (χ3v) is 14.1. The summed E-state index contributed by atoms with van der Waals surface area (Å²) in [7, 11) is 0. The Bertz CT molecular complexity index is 1450. The van der Waals surface area contributed by atoms with Gasteiger partial charge in [-0.25, -0.2) is 0 Å². The highest BCUT2D eigenvalue weighted by molar-refractivity contribution is 5.71. The van der Waals surface area contributed by atoms with Crippen LogP contribution in [0.1, 0.15) is 323 Å². The van der Waals surface area contributed by atoms with Crippen molar-refractivity contribution in [2.75, 3.05) is 13.2 Å². The van der Waals surface area contributed by atoms with E-state index in [2.05, 4.69) is 106 Å². The van der Waals surface area contributed by atoms with Crippen molar-refractivity contribution < 1.29 is 28.6 Å². The van der Waals surface area contributed by atoms with Gasteiger partial charge in [-0.05, 0) is 116 Å². The molecule has 0 heterocycles. The van der Waals surface area contributed by atoms with Crippen LogP contribution in [0.2, 0.25) is 0 Å². The summed E-state index contributed by atoms with van der Waals surface area (Å²) < 4.78 is 16.9. The Balaban J connectivity index is 4.18. The topological polar surface area (TPSA) is 78.9 Å². The Labute approximate surface area is 471 Å². The predicted molar refractivity (Wildman–Crippen MR) is 330 cm³/mol. The van der Waals surface area contributed by atoms with E-state index in [9.17, 15) is 14.4 Å². The van der Waals surface area contributed by atoms with E-state index in [-0.39, 0.29) is 31.1 Å². The van der Waals surface area contributed by atoms with Gasteiger partial charge in [-0.3, -0.25) is 14.4 Å². The molecular weight excluding hydrogens is 937 g/mol. The van der Waals surface area contributed by atoms with Crippen molar-refractivity contribution in [1.82, 2.24) is 0 Å². The second kappa shape index (κ2) is 64.1. The summed E-state index contributed by atoms with van der Waals surface area (Å²) in [5.41, 5.74) is 0. The number of ether oxygens (including phenoxy) is 3. The smallest absolute Gasteiger partial charge is 0.306 e. The molecular formula is C70H122O6. The number of unbranched alkanes of at least 4 members (excludes halogenated alkanes) is 34. The lowest BCUT2D eigenvalue weighted by atomic mass is 10.0. The maximum atomic E-state index is 12.9. The van der Waals surface area contributed by atoms with Crippen LogP contribution in [0.3, 0.4) is 0 Å².